The molecule has 0 saturated carbocycles. The highest BCUT2D eigenvalue weighted by atomic mass is 32.2. The number of β-amino-alcohol motifs (C(OH)–C–C–N with tert-alkyl or cyclic N) is 1. The number of hydrogen-bond acceptors (Lipinski definition) is 8. The van der Waals surface area contributed by atoms with E-state index in [0.29, 0.717) is 19.5 Å². The molecular weight excluding hydrogens is 544 g/mol. The molecular formula is C30H50N4O6S. The van der Waals surface area contributed by atoms with Crippen molar-refractivity contribution in [2.75, 3.05) is 31.9 Å². The van der Waals surface area contributed by atoms with Crippen LogP contribution in [-0.2, 0) is 25.8 Å². The van der Waals surface area contributed by atoms with Crippen molar-refractivity contribution in [1.29, 1.82) is 0 Å². The van der Waals surface area contributed by atoms with Crippen molar-refractivity contribution < 1.29 is 27.9 Å². The molecule has 2 aliphatic heterocycles. The van der Waals surface area contributed by atoms with E-state index in [2.05, 4.69) is 29.4 Å². The molecule has 3 rings (SSSR count). The zero-order chi connectivity index (χ0) is 30.5. The number of aliphatic hydroxyl groups excluding tert-OH is 1. The van der Waals surface area contributed by atoms with Crippen LogP contribution in [0.15, 0.2) is 30.3 Å². The van der Waals surface area contributed by atoms with Crippen LogP contribution in [0.4, 0.5) is 4.79 Å². The van der Waals surface area contributed by atoms with Gasteiger partial charge in [0.2, 0.25) is 5.91 Å². The first-order valence-corrected chi connectivity index (χ1v) is 16.5. The van der Waals surface area contributed by atoms with Crippen LogP contribution < -0.4 is 10.6 Å². The number of rotatable bonds is 10. The number of carbonyl (C=O) groups excluding carboxylic acids is 2. The number of alkyl carbamates (subject to hydrolysis) is 1. The van der Waals surface area contributed by atoms with Crippen LogP contribution in [0.2, 0.25) is 0 Å². The zero-order valence-electron chi connectivity index (χ0n) is 25.7. The molecule has 10 nitrogen and oxygen atoms in total. The Kier molecular flexibility index (Phi) is 11.2. The highest BCUT2D eigenvalue weighted by Crippen LogP contribution is 2.29. The molecule has 11 heteroatoms. The Hall–Kier alpha value is -2.21. The first-order chi connectivity index (χ1) is 19.1. The molecule has 1 unspecified atom stereocenters. The van der Waals surface area contributed by atoms with Crippen molar-refractivity contribution >= 4 is 21.8 Å². The largest absolute Gasteiger partial charge is 0.445 e. The molecule has 2 heterocycles. The number of ether oxygens (including phenoxy) is 1. The van der Waals surface area contributed by atoms with Crippen LogP contribution in [0.3, 0.4) is 0 Å². The third kappa shape index (κ3) is 9.39. The van der Waals surface area contributed by atoms with E-state index in [0.717, 1.165) is 12.1 Å². The van der Waals surface area contributed by atoms with Gasteiger partial charge >= 0.3 is 6.09 Å². The lowest BCUT2D eigenvalue weighted by Gasteiger charge is -2.44. The van der Waals surface area contributed by atoms with Crippen LogP contribution in [-0.4, -0.2) is 108 Å². The molecule has 0 aromatic heterocycles. The van der Waals surface area contributed by atoms with Crippen LogP contribution in [0.1, 0.15) is 60.5 Å². The number of aliphatic hydroxyl groups is 1. The predicted molar refractivity (Wildman–Crippen MR) is 160 cm³/mol. The second kappa shape index (κ2) is 13.8. The Morgan fingerprint density at radius 1 is 1.10 bits per heavy atom. The maximum atomic E-state index is 13.3. The molecule has 2 aliphatic rings. The normalized spacial score (nSPS) is 25.2. The first-order valence-electron chi connectivity index (χ1n) is 14.8. The predicted octanol–water partition coefficient (Wildman–Crippen LogP) is 2.21. The van der Waals surface area contributed by atoms with Gasteiger partial charge in [-0.3, -0.25) is 14.6 Å². The van der Waals surface area contributed by atoms with E-state index >= 15 is 0 Å². The Labute approximate surface area is 246 Å². The van der Waals surface area contributed by atoms with Crippen molar-refractivity contribution in [3.05, 3.63) is 35.9 Å². The van der Waals surface area contributed by atoms with Gasteiger partial charge < -0.3 is 20.5 Å². The number of hydrogen-bond donors (Lipinski definition) is 3. The molecule has 2 amide bonds. The molecule has 0 bridgehead atoms. The minimum atomic E-state index is -3.33. The van der Waals surface area contributed by atoms with Gasteiger partial charge in [-0.25, -0.2) is 13.2 Å². The van der Waals surface area contributed by atoms with Crippen molar-refractivity contribution in [3.8, 4) is 0 Å². The summed E-state index contributed by atoms with van der Waals surface area (Å²) in [5.41, 5.74) is 0.525. The Morgan fingerprint density at radius 3 is 2.34 bits per heavy atom. The number of amides is 2. The van der Waals surface area contributed by atoms with E-state index in [4.69, 9.17) is 4.74 Å². The Morgan fingerprint density at radius 2 is 1.76 bits per heavy atom. The third-order valence-electron chi connectivity index (χ3n) is 7.92. The maximum Gasteiger partial charge on any atom is 0.407 e. The van der Waals surface area contributed by atoms with Gasteiger partial charge in [0.1, 0.15) is 17.4 Å². The average molecular weight is 595 g/mol. The lowest BCUT2D eigenvalue weighted by atomic mass is 9.99. The summed E-state index contributed by atoms with van der Waals surface area (Å²) in [5, 5.41) is 16.7. The number of sulfone groups is 1. The quantitative estimate of drug-likeness (QED) is 0.376. The van der Waals surface area contributed by atoms with E-state index < -0.39 is 51.0 Å². The summed E-state index contributed by atoms with van der Waals surface area (Å²) in [6, 6.07) is 8.64. The minimum absolute atomic E-state index is 0.00969. The summed E-state index contributed by atoms with van der Waals surface area (Å²) in [5.74, 6) is -0.291. The standard InChI is InChI=1S/C30H50N4O6S/c1-20(2)27-26(13-16-41(27,38)39)40-29(37)31-23(17-22-11-9-8-10-12-22)25(35)19-34-15-14-33(21(3)4)18-24(34)28(36)32-30(5,6)7/h8-12,20-21,23-27,35H,13-19H2,1-7H3,(H,31,37)(H,32,36)/t23-,24-,25+,26?,27+/m0/s1. The topological polar surface area (TPSA) is 128 Å². The van der Waals surface area contributed by atoms with E-state index in [9.17, 15) is 23.1 Å². The highest BCUT2D eigenvalue weighted by molar-refractivity contribution is 7.92. The van der Waals surface area contributed by atoms with Gasteiger partial charge in [-0.15, -0.1) is 0 Å². The number of benzene rings is 1. The summed E-state index contributed by atoms with van der Waals surface area (Å²) in [4.78, 5) is 30.7. The van der Waals surface area contributed by atoms with E-state index in [1.807, 2.05) is 69.9 Å². The number of nitrogens with one attached hydrogen (secondary N) is 2. The fourth-order valence-corrected chi connectivity index (χ4v) is 8.17. The lowest BCUT2D eigenvalue weighted by Crippen LogP contribution is -2.64. The van der Waals surface area contributed by atoms with Gasteiger partial charge in [-0.2, -0.15) is 0 Å². The van der Waals surface area contributed by atoms with Crippen molar-refractivity contribution in [2.24, 2.45) is 5.92 Å². The molecule has 3 N–H and O–H groups in total. The van der Waals surface area contributed by atoms with Crippen molar-refractivity contribution in [3.63, 3.8) is 0 Å². The summed E-state index contributed by atoms with van der Waals surface area (Å²) < 4.78 is 30.7. The second-order valence-electron chi connectivity index (χ2n) is 13.2. The number of nitrogens with zero attached hydrogens (tertiary/aromatic N) is 2. The molecule has 41 heavy (non-hydrogen) atoms. The molecule has 5 atom stereocenters. The number of piperazine rings is 1. The van der Waals surface area contributed by atoms with Crippen LogP contribution >= 0.6 is 0 Å². The molecule has 0 aliphatic carbocycles. The SMILES string of the molecule is CC(C)[C@@H]1C(OC(=O)N[C@@H](Cc2ccccc2)[C@H](O)CN2CCN(C(C)C)C[C@H]2C(=O)NC(C)(C)C)CCS1(=O)=O. The van der Waals surface area contributed by atoms with Crippen LogP contribution in [0, 0.1) is 5.92 Å². The zero-order valence-corrected chi connectivity index (χ0v) is 26.5. The second-order valence-corrected chi connectivity index (χ2v) is 15.4. The maximum absolute atomic E-state index is 13.3. The van der Waals surface area contributed by atoms with Gasteiger partial charge in [-0.1, -0.05) is 44.2 Å². The summed E-state index contributed by atoms with van der Waals surface area (Å²) in [6.45, 7) is 15.7. The highest BCUT2D eigenvalue weighted by Gasteiger charge is 2.45. The van der Waals surface area contributed by atoms with E-state index in [-0.39, 0.29) is 36.6 Å². The van der Waals surface area contributed by atoms with Gasteiger partial charge in [0.25, 0.3) is 0 Å². The summed E-state index contributed by atoms with van der Waals surface area (Å²) >= 11 is 0. The van der Waals surface area contributed by atoms with Crippen molar-refractivity contribution in [1.82, 2.24) is 20.4 Å². The molecule has 2 saturated heterocycles. The molecule has 2 fully saturated rings. The smallest absolute Gasteiger partial charge is 0.407 e. The molecule has 0 radical (unpaired) electrons. The van der Waals surface area contributed by atoms with Gasteiger partial charge in [0, 0.05) is 37.8 Å². The molecule has 1 aromatic rings. The average Bonchev–Trinajstić information content (AvgIpc) is 3.16. The van der Waals surface area contributed by atoms with E-state index in [1.165, 1.54) is 0 Å². The van der Waals surface area contributed by atoms with Gasteiger partial charge in [0.05, 0.1) is 17.9 Å². The van der Waals surface area contributed by atoms with Crippen molar-refractivity contribution in [2.45, 2.75) is 102 Å². The minimum Gasteiger partial charge on any atom is -0.445 e. The van der Waals surface area contributed by atoms with Gasteiger partial charge in [0.15, 0.2) is 9.84 Å². The molecule has 232 valence electrons. The van der Waals surface area contributed by atoms with Gasteiger partial charge in [-0.05, 0) is 58.9 Å². The van der Waals surface area contributed by atoms with Crippen LogP contribution in [0.25, 0.3) is 0 Å². The summed E-state index contributed by atoms with van der Waals surface area (Å²) in [7, 11) is -3.33. The number of carbonyl (C=O) groups is 2. The Bertz CT molecular complexity index is 1120. The first kappa shape index (κ1) is 33.3. The molecule has 1 aromatic carbocycles. The fourth-order valence-electron chi connectivity index (χ4n) is 5.85. The molecule has 0 spiro atoms. The Balaban J connectivity index is 1.77. The fraction of sp³-hybridized carbons (Fsp3) is 0.733. The monoisotopic (exact) mass is 594 g/mol. The van der Waals surface area contributed by atoms with Crippen LogP contribution in [0.5, 0.6) is 0 Å². The summed E-state index contributed by atoms with van der Waals surface area (Å²) in [6.07, 6.45) is -1.88. The van der Waals surface area contributed by atoms with E-state index in [1.54, 1.807) is 0 Å². The third-order valence-corrected chi connectivity index (χ3v) is 10.4. The lowest BCUT2D eigenvalue weighted by molar-refractivity contribution is -0.131.